The number of carboxylic acid groups (broad SMARTS) is 1. The van der Waals surface area contributed by atoms with Crippen LogP contribution in [0.3, 0.4) is 0 Å². The standard InChI is InChI=1S/C13H16N2O4S/c16-10(8-15-6-3-1-2-4-11(15)17)14-12-9(13(18)19)5-7-20-12/h5,7H,1-4,6,8H2,(H,14,16)(H,18,19). The Morgan fingerprint density at radius 2 is 2.15 bits per heavy atom. The molecule has 1 saturated heterocycles. The number of carboxylic acids is 1. The van der Waals surface area contributed by atoms with E-state index in [1.54, 1.807) is 5.38 Å². The van der Waals surface area contributed by atoms with Gasteiger partial charge in [0.05, 0.1) is 12.1 Å². The van der Waals surface area contributed by atoms with Crippen LogP contribution in [0.25, 0.3) is 0 Å². The van der Waals surface area contributed by atoms with Gasteiger partial charge < -0.3 is 15.3 Å². The number of thiophene rings is 1. The number of anilines is 1. The van der Waals surface area contributed by atoms with E-state index in [1.165, 1.54) is 11.0 Å². The SMILES string of the molecule is O=C(CN1CCCCCC1=O)Nc1sccc1C(=O)O. The van der Waals surface area contributed by atoms with E-state index in [0.717, 1.165) is 30.6 Å². The third kappa shape index (κ3) is 3.57. The highest BCUT2D eigenvalue weighted by atomic mass is 32.1. The van der Waals surface area contributed by atoms with E-state index in [1.807, 2.05) is 0 Å². The van der Waals surface area contributed by atoms with Crippen molar-refractivity contribution in [3.8, 4) is 0 Å². The molecule has 2 heterocycles. The Kier molecular flexibility index (Phi) is 4.73. The second kappa shape index (κ2) is 6.51. The second-order valence-corrected chi connectivity index (χ2v) is 5.56. The van der Waals surface area contributed by atoms with Crippen molar-refractivity contribution < 1.29 is 19.5 Å². The molecule has 1 aliphatic rings. The lowest BCUT2D eigenvalue weighted by atomic mass is 10.2. The van der Waals surface area contributed by atoms with E-state index in [-0.39, 0.29) is 23.9 Å². The fourth-order valence-corrected chi connectivity index (χ4v) is 2.91. The highest BCUT2D eigenvalue weighted by Crippen LogP contribution is 2.23. The molecule has 20 heavy (non-hydrogen) atoms. The monoisotopic (exact) mass is 296 g/mol. The van der Waals surface area contributed by atoms with Crippen molar-refractivity contribution in [3.05, 3.63) is 17.0 Å². The van der Waals surface area contributed by atoms with Gasteiger partial charge in [-0.15, -0.1) is 11.3 Å². The van der Waals surface area contributed by atoms with Crippen molar-refractivity contribution in [2.45, 2.75) is 25.7 Å². The van der Waals surface area contributed by atoms with Crippen LogP contribution in [0.2, 0.25) is 0 Å². The second-order valence-electron chi connectivity index (χ2n) is 4.64. The molecule has 2 amide bonds. The molecular formula is C13H16N2O4S. The van der Waals surface area contributed by atoms with Gasteiger partial charge in [0.2, 0.25) is 11.8 Å². The summed E-state index contributed by atoms with van der Waals surface area (Å²) in [6.07, 6.45) is 3.24. The number of hydrogen-bond acceptors (Lipinski definition) is 4. The van der Waals surface area contributed by atoms with Crippen molar-refractivity contribution in [2.24, 2.45) is 0 Å². The van der Waals surface area contributed by atoms with Crippen LogP contribution >= 0.6 is 11.3 Å². The normalized spacial score (nSPS) is 15.8. The van der Waals surface area contributed by atoms with Gasteiger partial charge in [-0.25, -0.2) is 4.79 Å². The highest BCUT2D eigenvalue weighted by molar-refractivity contribution is 7.14. The smallest absolute Gasteiger partial charge is 0.338 e. The summed E-state index contributed by atoms with van der Waals surface area (Å²) in [5.74, 6) is -1.44. The minimum Gasteiger partial charge on any atom is -0.478 e. The number of nitrogens with one attached hydrogen (secondary N) is 1. The average Bonchev–Trinajstić information content (AvgIpc) is 2.75. The Morgan fingerprint density at radius 1 is 1.35 bits per heavy atom. The third-order valence-electron chi connectivity index (χ3n) is 3.15. The maximum absolute atomic E-state index is 11.9. The van der Waals surface area contributed by atoms with Crippen molar-refractivity contribution in [1.29, 1.82) is 0 Å². The summed E-state index contributed by atoms with van der Waals surface area (Å²) in [6, 6.07) is 1.44. The predicted molar refractivity (Wildman–Crippen MR) is 75.0 cm³/mol. The average molecular weight is 296 g/mol. The number of aromatic carboxylic acids is 1. The van der Waals surface area contributed by atoms with Crippen LogP contribution in [-0.2, 0) is 9.59 Å². The molecule has 2 rings (SSSR count). The predicted octanol–water partition coefficient (Wildman–Crippen LogP) is 1.79. The van der Waals surface area contributed by atoms with Crippen LogP contribution in [-0.4, -0.2) is 40.9 Å². The van der Waals surface area contributed by atoms with E-state index in [4.69, 9.17) is 5.11 Å². The van der Waals surface area contributed by atoms with Gasteiger partial charge >= 0.3 is 5.97 Å². The summed E-state index contributed by atoms with van der Waals surface area (Å²) in [5.41, 5.74) is 0.0746. The van der Waals surface area contributed by atoms with Gasteiger partial charge in [0.1, 0.15) is 5.00 Å². The molecule has 0 radical (unpaired) electrons. The Labute approximate surface area is 120 Å². The van der Waals surface area contributed by atoms with Gasteiger partial charge in [0.25, 0.3) is 0 Å². The molecule has 0 atom stereocenters. The van der Waals surface area contributed by atoms with E-state index >= 15 is 0 Å². The van der Waals surface area contributed by atoms with Crippen LogP contribution in [0.1, 0.15) is 36.0 Å². The summed E-state index contributed by atoms with van der Waals surface area (Å²) in [4.78, 5) is 36.2. The van der Waals surface area contributed by atoms with E-state index in [9.17, 15) is 14.4 Å². The first-order valence-electron chi connectivity index (χ1n) is 6.46. The molecule has 0 spiro atoms. The Bertz CT molecular complexity index is 526. The number of hydrogen-bond donors (Lipinski definition) is 2. The van der Waals surface area contributed by atoms with Crippen molar-refractivity contribution in [2.75, 3.05) is 18.4 Å². The Balaban J connectivity index is 1.96. The number of likely N-dealkylation sites (tertiary alicyclic amines) is 1. The zero-order valence-electron chi connectivity index (χ0n) is 10.9. The number of carbonyl (C=O) groups excluding carboxylic acids is 2. The minimum absolute atomic E-state index is 0.0118. The first-order chi connectivity index (χ1) is 9.58. The summed E-state index contributed by atoms with van der Waals surface area (Å²) >= 11 is 1.16. The van der Waals surface area contributed by atoms with Crippen LogP contribution in [0.4, 0.5) is 5.00 Å². The quantitative estimate of drug-likeness (QED) is 0.886. The molecule has 6 nitrogen and oxygen atoms in total. The fourth-order valence-electron chi connectivity index (χ4n) is 2.12. The third-order valence-corrected chi connectivity index (χ3v) is 3.98. The van der Waals surface area contributed by atoms with Gasteiger partial charge in [-0.3, -0.25) is 9.59 Å². The molecule has 0 bridgehead atoms. The molecule has 0 aromatic carbocycles. The van der Waals surface area contributed by atoms with Gasteiger partial charge in [-0.1, -0.05) is 6.42 Å². The van der Waals surface area contributed by atoms with Crippen molar-refractivity contribution >= 4 is 34.1 Å². The molecule has 7 heteroatoms. The van der Waals surface area contributed by atoms with E-state index in [2.05, 4.69) is 5.32 Å². The van der Waals surface area contributed by atoms with E-state index < -0.39 is 5.97 Å². The summed E-state index contributed by atoms with van der Waals surface area (Å²) < 4.78 is 0. The molecule has 0 unspecified atom stereocenters. The van der Waals surface area contributed by atoms with Gasteiger partial charge in [-0.2, -0.15) is 0 Å². The van der Waals surface area contributed by atoms with Gasteiger partial charge in [0.15, 0.2) is 0 Å². The Morgan fingerprint density at radius 3 is 2.90 bits per heavy atom. The zero-order valence-corrected chi connectivity index (χ0v) is 11.7. The molecule has 0 saturated carbocycles. The van der Waals surface area contributed by atoms with Crippen molar-refractivity contribution in [1.82, 2.24) is 4.90 Å². The maximum atomic E-state index is 11.9. The Hall–Kier alpha value is -1.89. The molecule has 0 aliphatic carbocycles. The summed E-state index contributed by atoms with van der Waals surface area (Å²) in [5, 5.41) is 13.4. The maximum Gasteiger partial charge on any atom is 0.338 e. The van der Waals surface area contributed by atoms with Crippen LogP contribution in [0.15, 0.2) is 11.4 Å². The van der Waals surface area contributed by atoms with Gasteiger partial charge in [-0.05, 0) is 24.3 Å². The van der Waals surface area contributed by atoms with Crippen LogP contribution in [0.5, 0.6) is 0 Å². The summed E-state index contributed by atoms with van der Waals surface area (Å²) in [7, 11) is 0. The molecule has 1 aliphatic heterocycles. The molecule has 1 fully saturated rings. The van der Waals surface area contributed by atoms with Crippen molar-refractivity contribution in [3.63, 3.8) is 0 Å². The van der Waals surface area contributed by atoms with Gasteiger partial charge in [0, 0.05) is 13.0 Å². The lowest BCUT2D eigenvalue weighted by Crippen LogP contribution is -2.37. The number of rotatable bonds is 4. The largest absolute Gasteiger partial charge is 0.478 e. The minimum atomic E-state index is -1.08. The number of nitrogens with zero attached hydrogens (tertiary/aromatic N) is 1. The molecule has 1 aromatic heterocycles. The topological polar surface area (TPSA) is 86.7 Å². The number of amides is 2. The first kappa shape index (κ1) is 14.5. The summed E-state index contributed by atoms with van der Waals surface area (Å²) in [6.45, 7) is 0.568. The zero-order chi connectivity index (χ0) is 14.5. The lowest BCUT2D eigenvalue weighted by molar-refractivity contribution is -0.134. The van der Waals surface area contributed by atoms with Crippen LogP contribution in [0, 0.1) is 0 Å². The molecular weight excluding hydrogens is 280 g/mol. The first-order valence-corrected chi connectivity index (χ1v) is 7.34. The molecule has 2 N–H and O–H groups in total. The lowest BCUT2D eigenvalue weighted by Gasteiger charge is -2.19. The molecule has 108 valence electrons. The van der Waals surface area contributed by atoms with Crippen LogP contribution < -0.4 is 5.32 Å². The fraction of sp³-hybridized carbons (Fsp3) is 0.462. The van der Waals surface area contributed by atoms with E-state index in [0.29, 0.717) is 18.0 Å². The molecule has 1 aromatic rings. The number of carbonyl (C=O) groups is 3. The highest BCUT2D eigenvalue weighted by Gasteiger charge is 2.20.